The Morgan fingerprint density at radius 3 is 3.00 bits per heavy atom. The highest BCUT2D eigenvalue weighted by molar-refractivity contribution is 5.96. The monoisotopic (exact) mass is 269 g/mol. The average molecular weight is 269 g/mol. The summed E-state index contributed by atoms with van der Waals surface area (Å²) < 4.78 is 5.56. The number of nitrogens with one attached hydrogen (secondary N) is 2. The molecule has 102 valence electrons. The van der Waals surface area contributed by atoms with Crippen molar-refractivity contribution in [1.82, 2.24) is 15.3 Å². The first-order valence-electron chi connectivity index (χ1n) is 6.44. The van der Waals surface area contributed by atoms with E-state index in [1.54, 1.807) is 18.5 Å². The summed E-state index contributed by atoms with van der Waals surface area (Å²) >= 11 is 0. The zero-order chi connectivity index (χ0) is 14.1. The van der Waals surface area contributed by atoms with Crippen LogP contribution in [0.2, 0.25) is 0 Å². The molecule has 1 aromatic carbocycles. The third kappa shape index (κ3) is 2.30. The summed E-state index contributed by atoms with van der Waals surface area (Å²) in [5, 5.41) is 3.78. The number of aromatic nitrogens is 2. The van der Waals surface area contributed by atoms with Gasteiger partial charge >= 0.3 is 0 Å². The molecule has 0 saturated carbocycles. The highest BCUT2D eigenvalue weighted by atomic mass is 16.3. The number of imidazole rings is 1. The van der Waals surface area contributed by atoms with E-state index >= 15 is 0 Å². The number of benzene rings is 1. The number of hydrogen-bond acceptors (Lipinski definition) is 3. The van der Waals surface area contributed by atoms with E-state index in [1.807, 2.05) is 32.0 Å². The standard InChI is InChI=1S/C15H15N3O2/c1-9-3-4-12-11(7-9)8-13(20-12)15(19)18-10(2)14-16-5-6-17-14/h3-8,10H,1-2H3,(H,16,17)(H,18,19). The van der Waals surface area contributed by atoms with Gasteiger partial charge in [0, 0.05) is 17.8 Å². The molecule has 0 saturated heterocycles. The number of rotatable bonds is 3. The van der Waals surface area contributed by atoms with Crippen LogP contribution in [0.4, 0.5) is 0 Å². The van der Waals surface area contributed by atoms with Gasteiger partial charge in [-0.15, -0.1) is 0 Å². The van der Waals surface area contributed by atoms with Gasteiger partial charge in [0.2, 0.25) is 0 Å². The SMILES string of the molecule is Cc1ccc2oc(C(=O)NC(C)c3ncc[nH]3)cc2c1. The Morgan fingerprint density at radius 2 is 2.25 bits per heavy atom. The fraction of sp³-hybridized carbons (Fsp3) is 0.200. The van der Waals surface area contributed by atoms with Crippen molar-refractivity contribution in [1.29, 1.82) is 0 Å². The molecule has 2 aromatic heterocycles. The first-order chi connectivity index (χ1) is 9.63. The van der Waals surface area contributed by atoms with Crippen molar-refractivity contribution in [3.05, 3.63) is 53.8 Å². The summed E-state index contributed by atoms with van der Waals surface area (Å²) in [4.78, 5) is 19.2. The normalized spacial score (nSPS) is 12.5. The molecule has 1 atom stereocenters. The lowest BCUT2D eigenvalue weighted by molar-refractivity contribution is 0.0912. The second kappa shape index (κ2) is 4.85. The molecule has 0 radical (unpaired) electrons. The molecular formula is C15H15N3O2. The molecule has 0 aliphatic heterocycles. The topological polar surface area (TPSA) is 70.9 Å². The van der Waals surface area contributed by atoms with Crippen molar-refractivity contribution in [2.45, 2.75) is 19.9 Å². The van der Waals surface area contributed by atoms with Crippen molar-refractivity contribution in [2.75, 3.05) is 0 Å². The van der Waals surface area contributed by atoms with Crippen molar-refractivity contribution in [3.63, 3.8) is 0 Å². The molecule has 0 fully saturated rings. The molecule has 3 aromatic rings. The van der Waals surface area contributed by atoms with Gasteiger partial charge in [0.1, 0.15) is 11.4 Å². The number of fused-ring (bicyclic) bond motifs is 1. The minimum absolute atomic E-state index is 0.201. The van der Waals surface area contributed by atoms with Gasteiger partial charge in [0.05, 0.1) is 6.04 Å². The molecule has 2 heterocycles. The number of aromatic amines is 1. The van der Waals surface area contributed by atoms with Crippen LogP contribution in [0, 0.1) is 6.92 Å². The Hall–Kier alpha value is -2.56. The summed E-state index contributed by atoms with van der Waals surface area (Å²) in [7, 11) is 0. The largest absolute Gasteiger partial charge is 0.451 e. The van der Waals surface area contributed by atoms with Gasteiger partial charge in [-0.2, -0.15) is 0 Å². The van der Waals surface area contributed by atoms with E-state index in [1.165, 1.54) is 0 Å². The fourth-order valence-corrected chi connectivity index (χ4v) is 2.13. The van der Waals surface area contributed by atoms with E-state index in [0.29, 0.717) is 17.2 Å². The average Bonchev–Trinajstić information content (AvgIpc) is 3.07. The number of H-pyrrole nitrogens is 1. The molecule has 20 heavy (non-hydrogen) atoms. The van der Waals surface area contributed by atoms with Crippen LogP contribution in [-0.4, -0.2) is 15.9 Å². The number of carbonyl (C=O) groups excluding carboxylic acids is 1. The van der Waals surface area contributed by atoms with Crippen molar-refractivity contribution in [2.24, 2.45) is 0 Å². The van der Waals surface area contributed by atoms with Crippen LogP contribution in [0.15, 0.2) is 41.1 Å². The van der Waals surface area contributed by atoms with Crippen LogP contribution >= 0.6 is 0 Å². The Labute approximate surface area is 116 Å². The van der Waals surface area contributed by atoms with Crippen LogP contribution in [0.3, 0.4) is 0 Å². The second-order valence-corrected chi connectivity index (χ2v) is 4.82. The van der Waals surface area contributed by atoms with Gasteiger partial charge in [0.25, 0.3) is 5.91 Å². The van der Waals surface area contributed by atoms with Crippen LogP contribution < -0.4 is 5.32 Å². The summed E-state index contributed by atoms with van der Waals surface area (Å²) in [5.74, 6) is 0.775. The van der Waals surface area contributed by atoms with Crippen molar-refractivity contribution >= 4 is 16.9 Å². The van der Waals surface area contributed by atoms with E-state index < -0.39 is 0 Å². The Bertz CT molecular complexity index is 744. The highest BCUT2D eigenvalue weighted by Crippen LogP contribution is 2.21. The van der Waals surface area contributed by atoms with E-state index in [0.717, 1.165) is 10.9 Å². The van der Waals surface area contributed by atoms with E-state index in [9.17, 15) is 4.79 Å². The van der Waals surface area contributed by atoms with Gasteiger partial charge in [-0.1, -0.05) is 11.6 Å². The maximum absolute atomic E-state index is 12.2. The minimum atomic E-state index is -0.247. The molecule has 0 aliphatic carbocycles. The van der Waals surface area contributed by atoms with E-state index in [-0.39, 0.29) is 11.9 Å². The van der Waals surface area contributed by atoms with Crippen LogP contribution in [0.1, 0.15) is 34.9 Å². The Morgan fingerprint density at radius 1 is 1.40 bits per heavy atom. The molecule has 0 bridgehead atoms. The molecule has 2 N–H and O–H groups in total. The fourth-order valence-electron chi connectivity index (χ4n) is 2.13. The van der Waals surface area contributed by atoms with Crippen molar-refractivity contribution < 1.29 is 9.21 Å². The zero-order valence-electron chi connectivity index (χ0n) is 11.3. The lowest BCUT2D eigenvalue weighted by atomic mass is 10.2. The number of carbonyl (C=O) groups is 1. The smallest absolute Gasteiger partial charge is 0.287 e. The Balaban J connectivity index is 1.82. The lowest BCUT2D eigenvalue weighted by Crippen LogP contribution is -2.26. The van der Waals surface area contributed by atoms with Gasteiger partial charge in [-0.25, -0.2) is 4.98 Å². The first-order valence-corrected chi connectivity index (χ1v) is 6.44. The van der Waals surface area contributed by atoms with Gasteiger partial charge < -0.3 is 14.7 Å². The molecule has 1 amide bonds. The van der Waals surface area contributed by atoms with E-state index in [2.05, 4.69) is 15.3 Å². The van der Waals surface area contributed by atoms with Gasteiger partial charge in [-0.3, -0.25) is 4.79 Å². The second-order valence-electron chi connectivity index (χ2n) is 4.82. The molecule has 0 spiro atoms. The number of nitrogens with zero attached hydrogens (tertiary/aromatic N) is 1. The Kier molecular flexibility index (Phi) is 3.02. The molecule has 5 nitrogen and oxygen atoms in total. The number of amides is 1. The summed E-state index contributed by atoms with van der Waals surface area (Å²) in [6.07, 6.45) is 3.38. The molecule has 3 rings (SSSR count). The maximum Gasteiger partial charge on any atom is 0.287 e. The molecular weight excluding hydrogens is 254 g/mol. The molecule has 1 unspecified atom stereocenters. The number of hydrogen-bond donors (Lipinski definition) is 2. The van der Waals surface area contributed by atoms with E-state index in [4.69, 9.17) is 4.42 Å². The van der Waals surface area contributed by atoms with Crippen LogP contribution in [0.5, 0.6) is 0 Å². The predicted octanol–water partition coefficient (Wildman–Crippen LogP) is 2.96. The third-order valence-electron chi connectivity index (χ3n) is 3.17. The predicted molar refractivity (Wildman–Crippen MR) is 75.4 cm³/mol. The molecule has 5 heteroatoms. The molecule has 0 aliphatic rings. The highest BCUT2D eigenvalue weighted by Gasteiger charge is 2.16. The summed E-state index contributed by atoms with van der Waals surface area (Å²) in [6.45, 7) is 3.87. The first kappa shape index (κ1) is 12.5. The van der Waals surface area contributed by atoms with Crippen molar-refractivity contribution in [3.8, 4) is 0 Å². The minimum Gasteiger partial charge on any atom is -0.451 e. The van der Waals surface area contributed by atoms with Gasteiger partial charge in [0.15, 0.2) is 5.76 Å². The number of aryl methyl sites for hydroxylation is 1. The quantitative estimate of drug-likeness (QED) is 0.768. The van der Waals surface area contributed by atoms with Crippen LogP contribution in [0.25, 0.3) is 11.0 Å². The summed E-state index contributed by atoms with van der Waals surface area (Å²) in [6, 6.07) is 7.38. The van der Waals surface area contributed by atoms with Gasteiger partial charge in [-0.05, 0) is 32.0 Å². The third-order valence-corrected chi connectivity index (χ3v) is 3.17. The lowest BCUT2D eigenvalue weighted by Gasteiger charge is -2.09. The number of furan rings is 1. The summed E-state index contributed by atoms with van der Waals surface area (Å²) in [5.41, 5.74) is 1.85. The maximum atomic E-state index is 12.2. The zero-order valence-corrected chi connectivity index (χ0v) is 11.3. The van der Waals surface area contributed by atoms with Crippen LogP contribution in [-0.2, 0) is 0 Å².